The molecule has 0 aliphatic heterocycles. The minimum absolute atomic E-state index is 0.258. The second-order valence-corrected chi connectivity index (χ2v) is 6.81. The number of hydrogen-bond donors (Lipinski definition) is 1. The lowest BCUT2D eigenvalue weighted by Gasteiger charge is -2.10. The van der Waals surface area contributed by atoms with Gasteiger partial charge in [-0.2, -0.15) is 10.4 Å². The molecule has 1 N–H and O–H groups in total. The molecule has 0 saturated carbocycles. The highest BCUT2D eigenvalue weighted by molar-refractivity contribution is 8.00. The molecule has 3 aromatic rings. The third-order valence-electron chi connectivity index (χ3n) is 3.22. The fraction of sp³-hybridized carbons (Fsp3) is 0.200. The van der Waals surface area contributed by atoms with E-state index < -0.39 is 5.25 Å². The average molecular weight is 390 g/mol. The summed E-state index contributed by atoms with van der Waals surface area (Å²) in [4.78, 5) is 16.1. The summed E-state index contributed by atoms with van der Waals surface area (Å²) in [7, 11) is 0. The van der Waals surface area contributed by atoms with Crippen molar-refractivity contribution >= 4 is 35.0 Å². The summed E-state index contributed by atoms with van der Waals surface area (Å²) in [6.07, 6.45) is 2.95. The van der Waals surface area contributed by atoms with Gasteiger partial charge < -0.3 is 9.73 Å². The Morgan fingerprint density at radius 3 is 3.04 bits per heavy atom. The molecule has 11 heteroatoms. The maximum absolute atomic E-state index is 12.3. The molecule has 0 bridgehead atoms. The molecular weight excluding hydrogens is 378 g/mol. The second-order valence-electron chi connectivity index (χ2n) is 5.11. The van der Waals surface area contributed by atoms with Crippen molar-refractivity contribution in [2.75, 3.05) is 5.32 Å². The van der Waals surface area contributed by atoms with Crippen LogP contribution in [0.2, 0.25) is 5.02 Å². The number of nitrogens with one attached hydrogen (secondary N) is 1. The Labute approximate surface area is 157 Å². The van der Waals surface area contributed by atoms with Crippen molar-refractivity contribution in [2.24, 2.45) is 0 Å². The molecule has 0 radical (unpaired) electrons. The van der Waals surface area contributed by atoms with Crippen molar-refractivity contribution in [3.8, 4) is 6.07 Å². The molecule has 1 atom stereocenters. The number of nitriles is 1. The van der Waals surface area contributed by atoms with Gasteiger partial charge in [0.15, 0.2) is 0 Å². The van der Waals surface area contributed by atoms with Gasteiger partial charge >= 0.3 is 0 Å². The van der Waals surface area contributed by atoms with Gasteiger partial charge in [-0.3, -0.25) is 4.79 Å². The van der Waals surface area contributed by atoms with Crippen LogP contribution in [0.5, 0.6) is 0 Å². The molecule has 3 rings (SSSR count). The van der Waals surface area contributed by atoms with Gasteiger partial charge in [0.2, 0.25) is 11.8 Å². The molecule has 2 aromatic heterocycles. The summed E-state index contributed by atoms with van der Waals surface area (Å²) >= 11 is 7.09. The van der Waals surface area contributed by atoms with Crippen LogP contribution >= 0.6 is 23.4 Å². The monoisotopic (exact) mass is 389 g/mol. The van der Waals surface area contributed by atoms with Crippen molar-refractivity contribution in [2.45, 2.75) is 23.9 Å². The molecule has 0 aliphatic rings. The Kier molecular flexibility index (Phi) is 5.50. The van der Waals surface area contributed by atoms with E-state index >= 15 is 0 Å². The fourth-order valence-corrected chi connectivity index (χ4v) is 2.86. The van der Waals surface area contributed by atoms with Crippen molar-refractivity contribution in [3.05, 3.63) is 47.3 Å². The van der Waals surface area contributed by atoms with E-state index in [0.29, 0.717) is 23.7 Å². The van der Waals surface area contributed by atoms with Crippen LogP contribution in [0.25, 0.3) is 0 Å². The zero-order valence-electron chi connectivity index (χ0n) is 13.5. The SMILES string of the molecule is CC(Sc1nnc(Cn2cncn2)o1)C(=O)Nc1ccc(C#N)c(Cl)c1. The van der Waals surface area contributed by atoms with E-state index in [0.717, 1.165) is 11.8 Å². The molecule has 2 heterocycles. The summed E-state index contributed by atoms with van der Waals surface area (Å²) in [5.41, 5.74) is 0.849. The summed E-state index contributed by atoms with van der Waals surface area (Å²) in [5, 5.41) is 23.4. The number of thioether (sulfide) groups is 1. The smallest absolute Gasteiger partial charge is 0.277 e. The summed E-state index contributed by atoms with van der Waals surface area (Å²) < 4.78 is 7.04. The lowest BCUT2D eigenvalue weighted by molar-refractivity contribution is -0.115. The molecular formula is C15H12ClN7O2S. The number of carbonyl (C=O) groups is 1. The number of amides is 1. The van der Waals surface area contributed by atoms with E-state index in [1.807, 2.05) is 6.07 Å². The van der Waals surface area contributed by atoms with Gasteiger partial charge in [-0.25, -0.2) is 9.67 Å². The van der Waals surface area contributed by atoms with Crippen molar-refractivity contribution in [1.82, 2.24) is 25.0 Å². The van der Waals surface area contributed by atoms with Crippen LogP contribution < -0.4 is 5.32 Å². The van der Waals surface area contributed by atoms with Gasteiger partial charge in [-0.05, 0) is 25.1 Å². The van der Waals surface area contributed by atoms with Gasteiger partial charge in [0, 0.05) is 5.69 Å². The fourth-order valence-electron chi connectivity index (χ4n) is 1.93. The van der Waals surface area contributed by atoms with E-state index in [-0.39, 0.29) is 16.2 Å². The Balaban J connectivity index is 1.58. The Morgan fingerprint density at radius 1 is 1.50 bits per heavy atom. The van der Waals surface area contributed by atoms with Gasteiger partial charge in [0.1, 0.15) is 25.3 Å². The normalized spacial score (nSPS) is 11.7. The number of carbonyl (C=O) groups excluding carboxylic acids is 1. The summed E-state index contributed by atoms with van der Waals surface area (Å²) in [5.74, 6) is 0.108. The first-order chi connectivity index (χ1) is 12.5. The van der Waals surface area contributed by atoms with Crippen molar-refractivity contribution in [3.63, 3.8) is 0 Å². The average Bonchev–Trinajstić information content (AvgIpc) is 3.27. The quantitative estimate of drug-likeness (QED) is 0.637. The lowest BCUT2D eigenvalue weighted by atomic mass is 10.2. The molecule has 0 spiro atoms. The van der Waals surface area contributed by atoms with Gasteiger partial charge in [0.05, 0.1) is 15.8 Å². The number of anilines is 1. The third kappa shape index (κ3) is 4.38. The highest BCUT2D eigenvalue weighted by atomic mass is 35.5. The number of aromatic nitrogens is 5. The van der Waals surface area contributed by atoms with Gasteiger partial charge in [-0.15, -0.1) is 10.2 Å². The number of rotatable bonds is 6. The van der Waals surface area contributed by atoms with Crippen LogP contribution in [0.15, 0.2) is 40.5 Å². The van der Waals surface area contributed by atoms with Crippen LogP contribution in [0.4, 0.5) is 5.69 Å². The van der Waals surface area contributed by atoms with E-state index in [4.69, 9.17) is 21.3 Å². The maximum atomic E-state index is 12.3. The zero-order valence-corrected chi connectivity index (χ0v) is 15.0. The van der Waals surface area contributed by atoms with Crippen LogP contribution in [0.1, 0.15) is 18.4 Å². The van der Waals surface area contributed by atoms with E-state index in [1.54, 1.807) is 23.7 Å². The Bertz CT molecular complexity index is 951. The number of nitrogens with zero attached hydrogens (tertiary/aromatic N) is 6. The number of halogens is 1. The molecule has 0 fully saturated rings. The van der Waals surface area contributed by atoms with Crippen molar-refractivity contribution < 1.29 is 9.21 Å². The molecule has 9 nitrogen and oxygen atoms in total. The third-order valence-corrected chi connectivity index (χ3v) is 4.46. The number of benzene rings is 1. The van der Waals surface area contributed by atoms with Gasteiger partial charge in [0.25, 0.3) is 5.22 Å². The standard InChI is InChI=1S/C15H12ClN7O2S/c1-9(14(24)20-11-3-2-10(5-17)12(16)4-11)26-15-22-21-13(25-15)6-23-8-18-7-19-23/h2-4,7-9H,6H2,1H3,(H,20,24). The van der Waals surface area contributed by atoms with Crippen LogP contribution in [-0.2, 0) is 11.3 Å². The first-order valence-electron chi connectivity index (χ1n) is 7.37. The first kappa shape index (κ1) is 17.9. The minimum Gasteiger partial charge on any atom is -0.414 e. The van der Waals surface area contributed by atoms with E-state index in [2.05, 4.69) is 25.6 Å². The largest absolute Gasteiger partial charge is 0.414 e. The molecule has 132 valence electrons. The molecule has 0 aliphatic carbocycles. The molecule has 1 aromatic carbocycles. The Morgan fingerprint density at radius 2 is 2.35 bits per heavy atom. The summed E-state index contributed by atoms with van der Waals surface area (Å²) in [6, 6.07) is 6.65. The van der Waals surface area contributed by atoms with Crippen LogP contribution in [-0.4, -0.2) is 36.1 Å². The number of hydrogen-bond acceptors (Lipinski definition) is 8. The maximum Gasteiger partial charge on any atom is 0.277 e. The zero-order chi connectivity index (χ0) is 18.5. The first-order valence-corrected chi connectivity index (χ1v) is 8.63. The molecule has 1 unspecified atom stereocenters. The van der Waals surface area contributed by atoms with Crippen LogP contribution in [0, 0.1) is 11.3 Å². The van der Waals surface area contributed by atoms with Crippen LogP contribution in [0.3, 0.4) is 0 Å². The highest BCUT2D eigenvalue weighted by Crippen LogP contribution is 2.24. The topological polar surface area (TPSA) is 123 Å². The Hall–Kier alpha value is -2.90. The predicted molar refractivity (Wildman–Crippen MR) is 93.5 cm³/mol. The molecule has 26 heavy (non-hydrogen) atoms. The summed E-state index contributed by atoms with van der Waals surface area (Å²) in [6.45, 7) is 2.02. The molecule has 0 saturated heterocycles. The van der Waals surface area contributed by atoms with E-state index in [9.17, 15) is 4.79 Å². The van der Waals surface area contributed by atoms with Crippen molar-refractivity contribution in [1.29, 1.82) is 5.26 Å². The predicted octanol–water partition coefficient (Wildman–Crippen LogP) is 2.35. The lowest BCUT2D eigenvalue weighted by Crippen LogP contribution is -2.22. The molecule has 1 amide bonds. The van der Waals surface area contributed by atoms with E-state index in [1.165, 1.54) is 18.7 Å². The van der Waals surface area contributed by atoms with Gasteiger partial charge in [-0.1, -0.05) is 23.4 Å². The highest BCUT2D eigenvalue weighted by Gasteiger charge is 2.19. The second kappa shape index (κ2) is 7.99. The minimum atomic E-state index is -0.482.